The van der Waals surface area contributed by atoms with Gasteiger partial charge in [0.2, 0.25) is 0 Å². The third-order valence-corrected chi connectivity index (χ3v) is 6.72. The van der Waals surface area contributed by atoms with Crippen LogP contribution in [0.25, 0.3) is 0 Å². The van der Waals surface area contributed by atoms with Crippen LogP contribution >= 0.6 is 11.3 Å². The first-order valence-electron chi connectivity index (χ1n) is 11.1. The molecule has 0 radical (unpaired) electrons. The first-order chi connectivity index (χ1) is 17.5. The quantitative estimate of drug-likeness (QED) is 0.173. The SMILES string of the molecule is COc1ccc(C(=O)Oc2ccc(/C=N\NC(=O)C(=O)Nc3sc4c(c3C#N)CCCC4)cc2)cc1. The fourth-order valence-corrected chi connectivity index (χ4v) is 4.90. The molecule has 0 saturated heterocycles. The number of aryl methyl sites for hydroxylation is 1. The molecule has 182 valence electrons. The zero-order valence-electron chi connectivity index (χ0n) is 19.4. The van der Waals surface area contributed by atoms with Gasteiger partial charge in [0, 0.05) is 4.88 Å². The Balaban J connectivity index is 1.29. The van der Waals surface area contributed by atoms with Gasteiger partial charge in [0.05, 0.1) is 24.5 Å². The second-order valence-corrected chi connectivity index (χ2v) is 8.97. The van der Waals surface area contributed by atoms with Crippen LogP contribution in [0.1, 0.15) is 44.8 Å². The zero-order chi connectivity index (χ0) is 25.5. The molecule has 2 aromatic carbocycles. The Morgan fingerprint density at radius 3 is 2.39 bits per heavy atom. The molecule has 9 nitrogen and oxygen atoms in total. The van der Waals surface area contributed by atoms with Crippen molar-refractivity contribution in [1.82, 2.24) is 5.43 Å². The van der Waals surface area contributed by atoms with E-state index in [0.29, 0.717) is 33.2 Å². The number of methoxy groups -OCH3 is 1. The lowest BCUT2D eigenvalue weighted by Gasteiger charge is -2.09. The number of hydrazone groups is 1. The van der Waals surface area contributed by atoms with E-state index in [1.54, 1.807) is 55.6 Å². The van der Waals surface area contributed by atoms with Crippen LogP contribution < -0.4 is 20.2 Å². The minimum atomic E-state index is -0.952. The minimum Gasteiger partial charge on any atom is -0.497 e. The third kappa shape index (κ3) is 5.76. The van der Waals surface area contributed by atoms with Crippen molar-refractivity contribution < 1.29 is 23.9 Å². The van der Waals surface area contributed by atoms with E-state index in [2.05, 4.69) is 21.9 Å². The number of nitrogens with zero attached hydrogens (tertiary/aromatic N) is 2. The maximum Gasteiger partial charge on any atom is 0.343 e. The molecule has 0 aliphatic heterocycles. The van der Waals surface area contributed by atoms with E-state index in [4.69, 9.17) is 9.47 Å². The summed E-state index contributed by atoms with van der Waals surface area (Å²) in [6, 6.07) is 15.1. The van der Waals surface area contributed by atoms with E-state index in [9.17, 15) is 19.6 Å². The van der Waals surface area contributed by atoms with Crippen molar-refractivity contribution in [3.05, 3.63) is 75.7 Å². The summed E-state index contributed by atoms with van der Waals surface area (Å²) in [4.78, 5) is 37.8. The Morgan fingerprint density at radius 2 is 1.69 bits per heavy atom. The second kappa shape index (κ2) is 11.3. The van der Waals surface area contributed by atoms with Gasteiger partial charge in [0.15, 0.2) is 0 Å². The average Bonchev–Trinajstić information content (AvgIpc) is 3.26. The summed E-state index contributed by atoms with van der Waals surface area (Å²) in [5, 5.41) is 16.2. The van der Waals surface area contributed by atoms with Crippen LogP contribution in [0, 0.1) is 11.3 Å². The molecule has 0 fully saturated rings. The molecule has 3 aromatic rings. The van der Waals surface area contributed by atoms with Crippen molar-refractivity contribution in [2.24, 2.45) is 5.10 Å². The van der Waals surface area contributed by atoms with E-state index in [0.717, 1.165) is 36.1 Å². The van der Waals surface area contributed by atoms with Gasteiger partial charge in [-0.2, -0.15) is 10.4 Å². The number of benzene rings is 2. The van der Waals surface area contributed by atoms with Gasteiger partial charge in [-0.05, 0) is 85.3 Å². The zero-order valence-corrected chi connectivity index (χ0v) is 20.2. The Bertz CT molecular complexity index is 1350. The number of hydrogen-bond acceptors (Lipinski definition) is 8. The van der Waals surface area contributed by atoms with Crippen LogP contribution in [0.3, 0.4) is 0 Å². The van der Waals surface area contributed by atoms with Gasteiger partial charge in [-0.3, -0.25) is 9.59 Å². The number of thiophene rings is 1. The van der Waals surface area contributed by atoms with Crippen LogP contribution in [0.5, 0.6) is 11.5 Å². The Hall–Kier alpha value is -4.49. The molecule has 0 unspecified atom stereocenters. The number of ether oxygens (including phenoxy) is 2. The van der Waals surface area contributed by atoms with E-state index < -0.39 is 17.8 Å². The summed E-state index contributed by atoms with van der Waals surface area (Å²) >= 11 is 1.34. The van der Waals surface area contributed by atoms with Crippen LogP contribution in [0.4, 0.5) is 5.00 Å². The van der Waals surface area contributed by atoms with Gasteiger partial charge >= 0.3 is 17.8 Å². The van der Waals surface area contributed by atoms with Crippen LogP contribution in [-0.4, -0.2) is 31.1 Å². The highest BCUT2D eigenvalue weighted by Crippen LogP contribution is 2.37. The van der Waals surface area contributed by atoms with Crippen LogP contribution in [0.2, 0.25) is 0 Å². The molecule has 0 atom stereocenters. The molecule has 1 aliphatic carbocycles. The number of hydrogen-bond donors (Lipinski definition) is 2. The second-order valence-electron chi connectivity index (χ2n) is 7.87. The van der Waals surface area contributed by atoms with Crippen molar-refractivity contribution in [2.45, 2.75) is 25.7 Å². The summed E-state index contributed by atoms with van der Waals surface area (Å²) in [7, 11) is 1.54. The van der Waals surface area contributed by atoms with E-state index >= 15 is 0 Å². The highest BCUT2D eigenvalue weighted by atomic mass is 32.1. The lowest BCUT2D eigenvalue weighted by molar-refractivity contribution is -0.136. The maximum atomic E-state index is 12.3. The number of anilines is 1. The molecule has 1 aliphatic rings. The Morgan fingerprint density at radius 1 is 1.00 bits per heavy atom. The third-order valence-electron chi connectivity index (χ3n) is 5.51. The van der Waals surface area contributed by atoms with Crippen molar-refractivity contribution in [2.75, 3.05) is 12.4 Å². The molecule has 0 bridgehead atoms. The van der Waals surface area contributed by atoms with Crippen LogP contribution in [0.15, 0.2) is 53.6 Å². The summed E-state index contributed by atoms with van der Waals surface area (Å²) < 4.78 is 10.4. The summed E-state index contributed by atoms with van der Waals surface area (Å²) in [5.74, 6) is -1.39. The number of nitrogens with one attached hydrogen (secondary N) is 2. The Kier molecular flexibility index (Phi) is 7.72. The number of rotatable bonds is 6. The number of fused-ring (bicyclic) bond motifs is 1. The highest BCUT2D eigenvalue weighted by molar-refractivity contribution is 7.16. The number of esters is 1. The van der Waals surface area contributed by atoms with Crippen molar-refractivity contribution in [1.29, 1.82) is 5.26 Å². The molecule has 10 heteroatoms. The molecule has 0 saturated carbocycles. The minimum absolute atomic E-state index is 0.336. The Labute approximate surface area is 211 Å². The topological polar surface area (TPSA) is 130 Å². The molecule has 1 aromatic heterocycles. The van der Waals surface area contributed by atoms with Gasteiger partial charge in [-0.1, -0.05) is 0 Å². The smallest absolute Gasteiger partial charge is 0.343 e. The molecule has 0 spiro atoms. The summed E-state index contributed by atoms with van der Waals surface area (Å²) in [6.07, 6.45) is 5.09. The maximum absolute atomic E-state index is 12.3. The van der Waals surface area contributed by atoms with Crippen molar-refractivity contribution in [3.63, 3.8) is 0 Å². The molecule has 2 N–H and O–H groups in total. The van der Waals surface area contributed by atoms with Crippen molar-refractivity contribution >= 4 is 40.3 Å². The molecule has 36 heavy (non-hydrogen) atoms. The predicted molar refractivity (Wildman–Crippen MR) is 134 cm³/mol. The number of nitriles is 1. The van der Waals surface area contributed by atoms with Crippen LogP contribution in [-0.2, 0) is 22.4 Å². The number of amides is 2. The summed E-state index contributed by atoms with van der Waals surface area (Å²) in [5.41, 5.74) is 4.57. The first kappa shape index (κ1) is 24.6. The lowest BCUT2D eigenvalue weighted by Crippen LogP contribution is -2.32. The van der Waals surface area contributed by atoms with Crippen molar-refractivity contribution in [3.8, 4) is 17.6 Å². The molecule has 2 amide bonds. The largest absolute Gasteiger partial charge is 0.497 e. The van der Waals surface area contributed by atoms with E-state index in [-0.39, 0.29) is 0 Å². The number of carbonyl (C=O) groups is 3. The molecule has 4 rings (SSSR count). The molecular weight excluding hydrogens is 480 g/mol. The van der Waals surface area contributed by atoms with Gasteiger partial charge in [0.25, 0.3) is 0 Å². The summed E-state index contributed by atoms with van der Waals surface area (Å²) in [6.45, 7) is 0. The van der Waals surface area contributed by atoms with Gasteiger partial charge in [-0.25, -0.2) is 10.2 Å². The fourth-order valence-electron chi connectivity index (χ4n) is 3.66. The van der Waals surface area contributed by atoms with Gasteiger partial charge in [0.1, 0.15) is 22.6 Å². The first-order valence-corrected chi connectivity index (χ1v) is 12.0. The normalized spacial score (nSPS) is 12.3. The van der Waals surface area contributed by atoms with Gasteiger partial charge < -0.3 is 14.8 Å². The van der Waals surface area contributed by atoms with E-state index in [1.807, 2.05) is 0 Å². The molecular formula is C26H22N4O5S. The lowest BCUT2D eigenvalue weighted by atomic mass is 9.96. The molecule has 1 heterocycles. The fraction of sp³-hybridized carbons (Fsp3) is 0.192. The number of carbonyl (C=O) groups excluding carboxylic acids is 3. The average molecular weight is 503 g/mol. The van der Waals surface area contributed by atoms with E-state index in [1.165, 1.54) is 17.6 Å². The van der Waals surface area contributed by atoms with Gasteiger partial charge in [-0.15, -0.1) is 11.3 Å². The monoisotopic (exact) mass is 502 g/mol. The highest BCUT2D eigenvalue weighted by Gasteiger charge is 2.23. The standard InChI is InChI=1S/C26H22N4O5S/c1-34-18-12-8-17(9-13-18)26(33)35-19-10-6-16(7-11-19)15-28-30-24(32)23(31)29-25-21(14-27)20-4-2-3-5-22(20)36-25/h6-13,15H,2-5H2,1H3,(H,29,31)(H,30,32)/b28-15-. The predicted octanol–water partition coefficient (Wildman–Crippen LogP) is 3.82.